The summed E-state index contributed by atoms with van der Waals surface area (Å²) in [5.41, 5.74) is 0. The molecule has 1 aromatic rings. The van der Waals surface area contributed by atoms with Gasteiger partial charge in [0.1, 0.15) is 10.7 Å². The molecule has 1 saturated heterocycles. The van der Waals surface area contributed by atoms with E-state index < -0.39 is 10.0 Å². The maximum atomic E-state index is 12.3. The number of aromatic nitrogens is 1. The zero-order valence-corrected chi connectivity index (χ0v) is 12.8. The predicted molar refractivity (Wildman–Crippen MR) is 77.6 cm³/mol. The monoisotopic (exact) mass is 319 g/mol. The van der Waals surface area contributed by atoms with E-state index >= 15 is 0 Å². The first kappa shape index (κ1) is 15.5. The summed E-state index contributed by atoms with van der Waals surface area (Å²) < 4.78 is 32.4. The number of hydrogen-bond acceptors (Lipinski definition) is 5. The average Bonchev–Trinajstić information content (AvgIpc) is 2.42. The van der Waals surface area contributed by atoms with Crippen molar-refractivity contribution < 1.29 is 13.2 Å². The van der Waals surface area contributed by atoms with Crippen LogP contribution in [-0.2, 0) is 14.8 Å². The maximum absolute atomic E-state index is 12.3. The summed E-state index contributed by atoms with van der Waals surface area (Å²) in [6, 6.07) is 1.31. The van der Waals surface area contributed by atoms with E-state index in [0.29, 0.717) is 43.4 Å². The zero-order chi connectivity index (χ0) is 14.6. The molecule has 0 unspecified atom stereocenters. The molecular formula is C12H18ClN3O3S. The second kappa shape index (κ2) is 6.71. The Morgan fingerprint density at radius 1 is 1.45 bits per heavy atom. The van der Waals surface area contributed by atoms with Gasteiger partial charge in [0.2, 0.25) is 10.0 Å². The lowest BCUT2D eigenvalue weighted by molar-refractivity contribution is 0.0832. The van der Waals surface area contributed by atoms with E-state index in [9.17, 15) is 8.42 Å². The molecule has 2 heterocycles. The Hall–Kier alpha value is -0.890. The Morgan fingerprint density at radius 2 is 2.15 bits per heavy atom. The topological polar surface area (TPSA) is 80.3 Å². The smallest absolute Gasteiger partial charge is 0.242 e. The van der Waals surface area contributed by atoms with Gasteiger partial charge in [-0.1, -0.05) is 11.6 Å². The third kappa shape index (κ3) is 3.82. The number of hydrogen-bond donors (Lipinski definition) is 2. The first-order valence-electron chi connectivity index (χ1n) is 6.52. The highest BCUT2D eigenvalue weighted by atomic mass is 35.5. The third-order valence-electron chi connectivity index (χ3n) is 3.01. The van der Waals surface area contributed by atoms with Crippen LogP contribution in [0.1, 0.15) is 19.8 Å². The van der Waals surface area contributed by atoms with Crippen LogP contribution in [0.4, 0.5) is 5.82 Å². The van der Waals surface area contributed by atoms with Crippen LogP contribution < -0.4 is 10.0 Å². The molecule has 0 bridgehead atoms. The lowest BCUT2D eigenvalue weighted by atomic mass is 10.1. The van der Waals surface area contributed by atoms with Crippen LogP contribution in [0.3, 0.4) is 0 Å². The molecule has 20 heavy (non-hydrogen) atoms. The summed E-state index contributed by atoms with van der Waals surface area (Å²) in [6.45, 7) is 3.73. The van der Waals surface area contributed by atoms with Gasteiger partial charge in [0.15, 0.2) is 0 Å². The summed E-state index contributed by atoms with van der Waals surface area (Å²) in [4.78, 5) is 4.12. The second-order valence-corrected chi connectivity index (χ2v) is 6.66. The summed E-state index contributed by atoms with van der Waals surface area (Å²) in [6.07, 6.45) is 2.66. The van der Waals surface area contributed by atoms with Crippen molar-refractivity contribution >= 4 is 27.4 Å². The van der Waals surface area contributed by atoms with Gasteiger partial charge >= 0.3 is 0 Å². The zero-order valence-electron chi connectivity index (χ0n) is 11.2. The van der Waals surface area contributed by atoms with Crippen molar-refractivity contribution in [3.8, 4) is 0 Å². The fourth-order valence-electron chi connectivity index (χ4n) is 1.97. The number of sulfonamides is 1. The fraction of sp³-hybridized carbons (Fsp3) is 0.583. The van der Waals surface area contributed by atoms with Gasteiger partial charge in [-0.15, -0.1) is 0 Å². The van der Waals surface area contributed by atoms with E-state index in [1.165, 1.54) is 12.3 Å². The second-order valence-electron chi connectivity index (χ2n) is 4.54. The molecule has 2 N–H and O–H groups in total. The molecule has 1 fully saturated rings. The number of ether oxygens (including phenoxy) is 1. The normalized spacial score (nSPS) is 17.1. The van der Waals surface area contributed by atoms with E-state index in [-0.39, 0.29) is 10.9 Å². The molecule has 0 radical (unpaired) electrons. The van der Waals surface area contributed by atoms with Gasteiger partial charge in [0, 0.05) is 32.0 Å². The Labute approximate surface area is 123 Å². The molecular weight excluding hydrogens is 302 g/mol. The van der Waals surface area contributed by atoms with E-state index in [0.717, 1.165) is 0 Å². The van der Waals surface area contributed by atoms with Crippen molar-refractivity contribution in [2.75, 3.05) is 25.1 Å². The highest BCUT2D eigenvalue weighted by Gasteiger charge is 2.23. The Balaban J connectivity index is 2.14. The van der Waals surface area contributed by atoms with Crippen LogP contribution in [0, 0.1) is 0 Å². The van der Waals surface area contributed by atoms with Crippen LogP contribution in [-0.4, -0.2) is 39.2 Å². The number of anilines is 1. The average molecular weight is 320 g/mol. The number of pyridine rings is 1. The van der Waals surface area contributed by atoms with Gasteiger partial charge in [-0.2, -0.15) is 0 Å². The molecule has 1 aliphatic heterocycles. The van der Waals surface area contributed by atoms with Gasteiger partial charge in [-0.25, -0.2) is 18.1 Å². The highest BCUT2D eigenvalue weighted by molar-refractivity contribution is 7.89. The van der Waals surface area contributed by atoms with Crippen molar-refractivity contribution in [3.05, 3.63) is 17.3 Å². The summed E-state index contributed by atoms with van der Waals surface area (Å²) in [5.74, 6) is 0.485. The molecule has 0 amide bonds. The van der Waals surface area contributed by atoms with Gasteiger partial charge in [0.05, 0.1) is 5.02 Å². The fourth-order valence-corrected chi connectivity index (χ4v) is 3.54. The largest absolute Gasteiger partial charge is 0.381 e. The molecule has 1 aromatic heterocycles. The minimum absolute atomic E-state index is 0.0793. The molecule has 112 valence electrons. The van der Waals surface area contributed by atoms with Crippen LogP contribution in [0.15, 0.2) is 17.2 Å². The van der Waals surface area contributed by atoms with Crippen molar-refractivity contribution in [2.45, 2.75) is 30.7 Å². The third-order valence-corrected chi connectivity index (χ3v) is 4.79. The van der Waals surface area contributed by atoms with Gasteiger partial charge in [0.25, 0.3) is 0 Å². The van der Waals surface area contributed by atoms with Crippen LogP contribution >= 0.6 is 11.6 Å². The molecule has 0 aliphatic carbocycles. The lowest BCUT2D eigenvalue weighted by Gasteiger charge is -2.23. The Bertz CT molecular complexity index is 559. The first-order valence-corrected chi connectivity index (χ1v) is 8.38. The van der Waals surface area contributed by atoms with E-state index in [2.05, 4.69) is 15.0 Å². The number of halogens is 1. The molecule has 8 heteroatoms. The van der Waals surface area contributed by atoms with Crippen LogP contribution in [0.5, 0.6) is 0 Å². The Morgan fingerprint density at radius 3 is 2.75 bits per heavy atom. The number of nitrogens with one attached hydrogen (secondary N) is 2. The summed E-state index contributed by atoms with van der Waals surface area (Å²) in [5, 5.41) is 3.25. The number of rotatable bonds is 5. The summed E-state index contributed by atoms with van der Waals surface area (Å²) >= 11 is 6.02. The molecule has 1 aliphatic rings. The minimum atomic E-state index is -3.59. The summed E-state index contributed by atoms with van der Waals surface area (Å²) in [7, 11) is -3.59. The van der Waals surface area contributed by atoms with Crippen molar-refractivity contribution in [1.82, 2.24) is 9.71 Å². The lowest BCUT2D eigenvalue weighted by Crippen LogP contribution is -2.38. The predicted octanol–water partition coefficient (Wildman–Crippen LogP) is 1.62. The number of nitrogens with zero attached hydrogens (tertiary/aromatic N) is 1. The minimum Gasteiger partial charge on any atom is -0.381 e. The quantitative estimate of drug-likeness (QED) is 0.862. The van der Waals surface area contributed by atoms with Gasteiger partial charge in [-0.3, -0.25) is 0 Å². The van der Waals surface area contributed by atoms with Crippen molar-refractivity contribution in [1.29, 1.82) is 0 Å². The van der Waals surface area contributed by atoms with Crippen LogP contribution in [0.25, 0.3) is 0 Å². The highest BCUT2D eigenvalue weighted by Crippen LogP contribution is 2.23. The molecule has 0 saturated carbocycles. The molecule has 6 nitrogen and oxygen atoms in total. The van der Waals surface area contributed by atoms with Crippen molar-refractivity contribution in [2.24, 2.45) is 0 Å². The van der Waals surface area contributed by atoms with E-state index in [1.54, 1.807) is 0 Å². The molecule has 0 spiro atoms. The molecule has 2 rings (SSSR count). The molecule has 0 atom stereocenters. The standard InChI is InChI=1S/C12H18ClN3O3S/c1-2-14-12-11(13)7-10(8-15-12)20(17,18)16-9-3-5-19-6-4-9/h7-9,16H,2-6H2,1H3,(H,14,15). The first-order chi connectivity index (χ1) is 9.53. The Kier molecular flexibility index (Phi) is 5.20. The van der Waals surface area contributed by atoms with Crippen LogP contribution in [0.2, 0.25) is 5.02 Å². The molecule has 0 aromatic carbocycles. The van der Waals surface area contributed by atoms with Crippen molar-refractivity contribution in [3.63, 3.8) is 0 Å². The van der Waals surface area contributed by atoms with E-state index in [4.69, 9.17) is 16.3 Å². The SMILES string of the molecule is CCNc1ncc(S(=O)(=O)NC2CCOCC2)cc1Cl. The maximum Gasteiger partial charge on any atom is 0.242 e. The van der Waals surface area contributed by atoms with Gasteiger partial charge in [-0.05, 0) is 25.8 Å². The van der Waals surface area contributed by atoms with Gasteiger partial charge < -0.3 is 10.1 Å². The van der Waals surface area contributed by atoms with E-state index in [1.807, 2.05) is 6.92 Å².